The lowest BCUT2D eigenvalue weighted by Crippen LogP contribution is -2.44. The van der Waals surface area contributed by atoms with Crippen LogP contribution in [0.15, 0.2) is 0 Å². The Labute approximate surface area is 85.0 Å². The lowest BCUT2D eigenvalue weighted by Gasteiger charge is -2.37. The standard InChI is InChI=1S/C8H10N6O/c1-8(2-15-3-8)5-4-6(13-14-12-4)11-7(9)10-5/h2-3H2,1H3,(H3,9,10,11,12,13,14). The maximum atomic E-state index is 5.61. The SMILES string of the molecule is CC1(c2nc(N)nc3n[nH]nc23)COC1. The summed E-state index contributed by atoms with van der Waals surface area (Å²) >= 11 is 0. The van der Waals surface area contributed by atoms with E-state index in [-0.39, 0.29) is 11.4 Å². The first-order chi connectivity index (χ1) is 7.19. The number of aromatic amines is 1. The van der Waals surface area contributed by atoms with Gasteiger partial charge in [0.1, 0.15) is 0 Å². The Morgan fingerprint density at radius 1 is 1.33 bits per heavy atom. The molecule has 3 heterocycles. The molecule has 0 unspecified atom stereocenters. The summed E-state index contributed by atoms with van der Waals surface area (Å²) in [6, 6.07) is 0. The fraction of sp³-hybridized carbons (Fsp3) is 0.500. The van der Waals surface area contributed by atoms with Gasteiger partial charge >= 0.3 is 0 Å². The van der Waals surface area contributed by atoms with Crippen LogP contribution in [0.1, 0.15) is 12.6 Å². The number of nitrogens with zero attached hydrogens (tertiary/aromatic N) is 4. The maximum Gasteiger partial charge on any atom is 0.222 e. The minimum absolute atomic E-state index is 0.119. The van der Waals surface area contributed by atoms with Crippen molar-refractivity contribution in [3.63, 3.8) is 0 Å². The van der Waals surface area contributed by atoms with Gasteiger partial charge in [0.25, 0.3) is 0 Å². The molecule has 2 aromatic heterocycles. The van der Waals surface area contributed by atoms with E-state index in [4.69, 9.17) is 10.5 Å². The molecule has 1 saturated heterocycles. The highest BCUT2D eigenvalue weighted by Crippen LogP contribution is 2.33. The lowest BCUT2D eigenvalue weighted by atomic mass is 9.84. The predicted octanol–water partition coefficient (Wildman–Crippen LogP) is -0.382. The number of nitrogens with two attached hydrogens (primary N) is 1. The molecule has 1 aliphatic heterocycles. The van der Waals surface area contributed by atoms with Gasteiger partial charge in [-0.15, -0.1) is 5.10 Å². The zero-order valence-corrected chi connectivity index (χ0v) is 8.19. The van der Waals surface area contributed by atoms with Crippen LogP contribution in [0.2, 0.25) is 0 Å². The molecule has 3 N–H and O–H groups in total. The van der Waals surface area contributed by atoms with Gasteiger partial charge in [0.15, 0.2) is 5.52 Å². The van der Waals surface area contributed by atoms with Gasteiger partial charge in [-0.1, -0.05) is 0 Å². The topological polar surface area (TPSA) is 103 Å². The molecule has 0 atom stereocenters. The zero-order chi connectivity index (χ0) is 10.5. The van der Waals surface area contributed by atoms with Crippen LogP contribution in [0, 0.1) is 0 Å². The summed E-state index contributed by atoms with van der Waals surface area (Å²) in [5.41, 5.74) is 7.49. The van der Waals surface area contributed by atoms with Gasteiger partial charge in [-0.05, 0) is 6.92 Å². The van der Waals surface area contributed by atoms with Gasteiger partial charge in [-0.2, -0.15) is 15.3 Å². The predicted molar refractivity (Wildman–Crippen MR) is 52.1 cm³/mol. The van der Waals surface area contributed by atoms with Crippen molar-refractivity contribution in [3.8, 4) is 0 Å². The van der Waals surface area contributed by atoms with Crippen LogP contribution in [-0.4, -0.2) is 38.6 Å². The normalized spacial score (nSPS) is 19.0. The Kier molecular flexibility index (Phi) is 1.50. The molecule has 1 fully saturated rings. The number of rotatable bonds is 1. The molecule has 2 aromatic rings. The van der Waals surface area contributed by atoms with E-state index in [0.717, 1.165) is 5.69 Å². The maximum absolute atomic E-state index is 5.61. The van der Waals surface area contributed by atoms with Crippen molar-refractivity contribution in [1.82, 2.24) is 25.4 Å². The van der Waals surface area contributed by atoms with Gasteiger partial charge in [-0.25, -0.2) is 4.98 Å². The fourth-order valence-corrected chi connectivity index (χ4v) is 1.73. The molecule has 0 aliphatic carbocycles. The van der Waals surface area contributed by atoms with Gasteiger partial charge in [-0.3, -0.25) is 0 Å². The average Bonchev–Trinajstić information content (AvgIpc) is 2.60. The quantitative estimate of drug-likeness (QED) is 0.659. The fourth-order valence-electron chi connectivity index (χ4n) is 1.73. The first kappa shape index (κ1) is 8.54. The van der Waals surface area contributed by atoms with Crippen LogP contribution in [0.3, 0.4) is 0 Å². The number of fused-ring (bicyclic) bond motifs is 1. The van der Waals surface area contributed by atoms with Crippen molar-refractivity contribution >= 4 is 17.1 Å². The Morgan fingerprint density at radius 3 is 2.80 bits per heavy atom. The van der Waals surface area contributed by atoms with Gasteiger partial charge in [0.05, 0.1) is 24.3 Å². The van der Waals surface area contributed by atoms with Crippen molar-refractivity contribution in [2.45, 2.75) is 12.3 Å². The van der Waals surface area contributed by atoms with Crippen molar-refractivity contribution in [3.05, 3.63) is 5.69 Å². The number of hydrogen-bond acceptors (Lipinski definition) is 6. The Morgan fingerprint density at radius 2 is 2.13 bits per heavy atom. The smallest absolute Gasteiger partial charge is 0.222 e. The molecular formula is C8H10N6O. The van der Waals surface area contributed by atoms with E-state index >= 15 is 0 Å². The van der Waals surface area contributed by atoms with Crippen LogP contribution in [0.5, 0.6) is 0 Å². The van der Waals surface area contributed by atoms with Crippen LogP contribution in [-0.2, 0) is 10.2 Å². The van der Waals surface area contributed by atoms with E-state index < -0.39 is 0 Å². The monoisotopic (exact) mass is 206 g/mol. The second kappa shape index (κ2) is 2.63. The molecule has 0 spiro atoms. The van der Waals surface area contributed by atoms with Gasteiger partial charge < -0.3 is 10.5 Å². The van der Waals surface area contributed by atoms with E-state index in [0.29, 0.717) is 24.4 Å². The van der Waals surface area contributed by atoms with E-state index in [9.17, 15) is 0 Å². The third-order valence-electron chi connectivity index (χ3n) is 2.61. The summed E-state index contributed by atoms with van der Waals surface area (Å²) in [5, 5.41) is 10.5. The molecule has 0 radical (unpaired) electrons. The van der Waals surface area contributed by atoms with E-state index in [1.807, 2.05) is 0 Å². The number of anilines is 1. The van der Waals surface area contributed by atoms with E-state index in [1.54, 1.807) is 0 Å². The minimum atomic E-state index is -0.119. The second-order valence-corrected chi connectivity index (χ2v) is 3.98. The third-order valence-corrected chi connectivity index (χ3v) is 2.61. The highest BCUT2D eigenvalue weighted by molar-refractivity contribution is 5.74. The Bertz CT molecular complexity index is 517. The van der Waals surface area contributed by atoms with Crippen molar-refractivity contribution < 1.29 is 4.74 Å². The third kappa shape index (κ3) is 1.09. The highest BCUT2D eigenvalue weighted by atomic mass is 16.5. The molecule has 0 saturated carbocycles. The lowest BCUT2D eigenvalue weighted by molar-refractivity contribution is -0.0513. The Balaban J connectivity index is 2.28. The summed E-state index contributed by atoms with van der Waals surface area (Å²) in [6.07, 6.45) is 0. The first-order valence-corrected chi connectivity index (χ1v) is 4.61. The van der Waals surface area contributed by atoms with Crippen LogP contribution < -0.4 is 5.73 Å². The molecule has 7 nitrogen and oxygen atoms in total. The van der Waals surface area contributed by atoms with Crippen LogP contribution in [0.4, 0.5) is 5.95 Å². The van der Waals surface area contributed by atoms with Crippen molar-refractivity contribution in [2.24, 2.45) is 0 Å². The van der Waals surface area contributed by atoms with Gasteiger partial charge in [0, 0.05) is 0 Å². The number of hydrogen-bond donors (Lipinski definition) is 2. The van der Waals surface area contributed by atoms with Crippen LogP contribution >= 0.6 is 0 Å². The molecule has 1 aliphatic rings. The molecule has 7 heteroatoms. The van der Waals surface area contributed by atoms with Crippen LogP contribution in [0.25, 0.3) is 11.2 Å². The molecule has 3 rings (SSSR count). The number of nitrogens with one attached hydrogen (secondary N) is 1. The number of ether oxygens (including phenoxy) is 1. The van der Waals surface area contributed by atoms with Crippen molar-refractivity contribution in [1.29, 1.82) is 0 Å². The molecule has 0 bridgehead atoms. The summed E-state index contributed by atoms with van der Waals surface area (Å²) in [4.78, 5) is 8.22. The number of aromatic nitrogens is 5. The summed E-state index contributed by atoms with van der Waals surface area (Å²) in [5.74, 6) is 0.222. The molecule has 0 aromatic carbocycles. The number of nitrogen functional groups attached to an aromatic ring is 1. The van der Waals surface area contributed by atoms with E-state index in [1.165, 1.54) is 0 Å². The number of H-pyrrole nitrogens is 1. The minimum Gasteiger partial charge on any atom is -0.379 e. The average molecular weight is 206 g/mol. The zero-order valence-electron chi connectivity index (χ0n) is 8.19. The highest BCUT2D eigenvalue weighted by Gasteiger charge is 2.39. The molecule has 15 heavy (non-hydrogen) atoms. The summed E-state index contributed by atoms with van der Waals surface area (Å²) in [6.45, 7) is 3.32. The molecule has 0 amide bonds. The van der Waals surface area contributed by atoms with Gasteiger partial charge in [0.2, 0.25) is 11.6 Å². The molecule has 78 valence electrons. The van der Waals surface area contributed by atoms with E-state index in [2.05, 4.69) is 32.3 Å². The second-order valence-electron chi connectivity index (χ2n) is 3.98. The summed E-state index contributed by atoms with van der Waals surface area (Å²) < 4.78 is 5.20. The summed E-state index contributed by atoms with van der Waals surface area (Å²) in [7, 11) is 0. The largest absolute Gasteiger partial charge is 0.379 e. The molecular weight excluding hydrogens is 196 g/mol. The Hall–Kier alpha value is -1.76. The first-order valence-electron chi connectivity index (χ1n) is 4.61. The van der Waals surface area contributed by atoms with Crippen molar-refractivity contribution in [2.75, 3.05) is 18.9 Å².